The molecule has 4 heteroatoms. The van der Waals surface area contributed by atoms with Gasteiger partial charge in [0.1, 0.15) is 0 Å². The van der Waals surface area contributed by atoms with Gasteiger partial charge in [-0.05, 0) is 35.8 Å². The van der Waals surface area contributed by atoms with Crippen LogP contribution in [0, 0.1) is 11.8 Å². The molecule has 0 radical (unpaired) electrons. The molecule has 0 fully saturated rings. The van der Waals surface area contributed by atoms with E-state index in [4.69, 9.17) is 0 Å². The first-order valence-corrected chi connectivity index (χ1v) is 13.8. The Balaban J connectivity index is 1.74. The standard InChI is InChI=1S/C26H40N2S2/c1-21(2)15-25(27-17-23-11-7-5-8-12-23)19-29-30-20-26(16-22(3)4)28-18-24-13-9-6-10-14-24/h5-14,21-22,25-28H,15-20H2,1-4H3/t25-,26-/m0/s1. The van der Waals surface area contributed by atoms with Crippen LogP contribution in [-0.4, -0.2) is 23.6 Å². The smallest absolute Gasteiger partial charge is 0.0208 e. The number of benzene rings is 2. The summed E-state index contributed by atoms with van der Waals surface area (Å²) < 4.78 is 0. The van der Waals surface area contributed by atoms with Crippen molar-refractivity contribution < 1.29 is 0 Å². The van der Waals surface area contributed by atoms with Gasteiger partial charge in [0.25, 0.3) is 0 Å². The van der Waals surface area contributed by atoms with Crippen LogP contribution in [0.4, 0.5) is 0 Å². The van der Waals surface area contributed by atoms with Gasteiger partial charge in [-0.3, -0.25) is 0 Å². The Bertz CT molecular complexity index is 602. The van der Waals surface area contributed by atoms with Crippen molar-refractivity contribution in [2.45, 2.75) is 65.7 Å². The minimum absolute atomic E-state index is 0.559. The molecule has 0 aliphatic carbocycles. The summed E-state index contributed by atoms with van der Waals surface area (Å²) in [6.45, 7) is 11.2. The molecule has 2 rings (SSSR count). The highest BCUT2D eigenvalue weighted by atomic mass is 33.1. The molecule has 0 aliphatic rings. The predicted octanol–water partition coefficient (Wildman–Crippen LogP) is 6.78. The van der Waals surface area contributed by atoms with Gasteiger partial charge in [-0.1, -0.05) is 110 Å². The zero-order valence-corrected chi connectivity index (χ0v) is 20.8. The summed E-state index contributed by atoms with van der Waals surface area (Å²) in [6.07, 6.45) is 2.45. The highest BCUT2D eigenvalue weighted by molar-refractivity contribution is 8.76. The van der Waals surface area contributed by atoms with Gasteiger partial charge in [0.05, 0.1) is 0 Å². The van der Waals surface area contributed by atoms with Gasteiger partial charge >= 0.3 is 0 Å². The first-order valence-electron chi connectivity index (χ1n) is 11.3. The Hall–Kier alpha value is -0.940. The number of rotatable bonds is 15. The molecule has 0 saturated carbocycles. The lowest BCUT2D eigenvalue weighted by molar-refractivity contribution is 0.446. The molecule has 0 spiro atoms. The summed E-state index contributed by atoms with van der Waals surface area (Å²) >= 11 is 0. The third-order valence-electron chi connectivity index (χ3n) is 5.01. The Morgan fingerprint density at radius 1 is 0.600 bits per heavy atom. The van der Waals surface area contributed by atoms with E-state index in [1.165, 1.54) is 24.0 Å². The first kappa shape index (κ1) is 25.3. The van der Waals surface area contributed by atoms with Crippen molar-refractivity contribution in [3.63, 3.8) is 0 Å². The molecule has 2 atom stereocenters. The van der Waals surface area contributed by atoms with Gasteiger partial charge in [-0.2, -0.15) is 0 Å². The molecule has 166 valence electrons. The van der Waals surface area contributed by atoms with Gasteiger partial charge in [0, 0.05) is 36.7 Å². The second-order valence-corrected chi connectivity index (χ2v) is 11.5. The molecule has 0 bridgehead atoms. The maximum atomic E-state index is 3.78. The van der Waals surface area contributed by atoms with E-state index in [1.54, 1.807) is 0 Å². The normalized spacial score (nSPS) is 13.7. The van der Waals surface area contributed by atoms with E-state index in [1.807, 2.05) is 21.6 Å². The van der Waals surface area contributed by atoms with E-state index < -0.39 is 0 Å². The summed E-state index contributed by atoms with van der Waals surface area (Å²) in [4.78, 5) is 0. The van der Waals surface area contributed by atoms with Gasteiger partial charge in [-0.25, -0.2) is 0 Å². The fourth-order valence-electron chi connectivity index (χ4n) is 3.54. The fraction of sp³-hybridized carbons (Fsp3) is 0.538. The van der Waals surface area contributed by atoms with Crippen molar-refractivity contribution in [3.05, 3.63) is 71.8 Å². The monoisotopic (exact) mass is 444 g/mol. The Morgan fingerprint density at radius 2 is 0.967 bits per heavy atom. The summed E-state index contributed by atoms with van der Waals surface area (Å²) in [5.74, 6) is 3.74. The van der Waals surface area contributed by atoms with Crippen molar-refractivity contribution in [1.29, 1.82) is 0 Å². The lowest BCUT2D eigenvalue weighted by atomic mass is 10.0. The van der Waals surface area contributed by atoms with E-state index in [9.17, 15) is 0 Å². The van der Waals surface area contributed by atoms with Crippen molar-refractivity contribution in [1.82, 2.24) is 10.6 Å². The average Bonchev–Trinajstić information content (AvgIpc) is 2.73. The van der Waals surface area contributed by atoms with Crippen molar-refractivity contribution in [2.75, 3.05) is 11.5 Å². The molecule has 0 saturated heterocycles. The molecule has 0 unspecified atom stereocenters. The SMILES string of the molecule is CC(C)C[C@@H](CSSC[C@H](CC(C)C)NCc1ccccc1)NCc1ccccc1. The molecule has 2 nitrogen and oxygen atoms in total. The van der Waals surface area contributed by atoms with Crippen LogP contribution in [0.3, 0.4) is 0 Å². The van der Waals surface area contributed by atoms with Crippen molar-refractivity contribution in [2.24, 2.45) is 11.8 Å². The topological polar surface area (TPSA) is 24.1 Å². The summed E-state index contributed by atoms with van der Waals surface area (Å²) in [6, 6.07) is 22.6. The fourth-order valence-corrected chi connectivity index (χ4v) is 6.13. The van der Waals surface area contributed by atoms with E-state index in [0.29, 0.717) is 23.9 Å². The molecule has 0 aromatic heterocycles. The van der Waals surface area contributed by atoms with Gasteiger partial charge in [0.15, 0.2) is 0 Å². The molecular weight excluding hydrogens is 404 g/mol. The quantitative estimate of drug-likeness (QED) is 0.234. The third kappa shape index (κ3) is 11.5. The lowest BCUT2D eigenvalue weighted by Gasteiger charge is -2.22. The van der Waals surface area contributed by atoms with Crippen LogP contribution >= 0.6 is 21.6 Å². The minimum atomic E-state index is 0.559. The van der Waals surface area contributed by atoms with Crippen molar-refractivity contribution >= 4 is 21.6 Å². The zero-order chi connectivity index (χ0) is 21.6. The van der Waals surface area contributed by atoms with Gasteiger partial charge < -0.3 is 10.6 Å². The van der Waals surface area contributed by atoms with Crippen LogP contribution in [0.25, 0.3) is 0 Å². The van der Waals surface area contributed by atoms with Crippen LogP contribution < -0.4 is 10.6 Å². The molecule has 0 heterocycles. The molecule has 2 aromatic rings. The lowest BCUT2D eigenvalue weighted by Crippen LogP contribution is -2.33. The Labute approximate surface area is 192 Å². The summed E-state index contributed by atoms with van der Waals surface area (Å²) in [5, 5.41) is 7.57. The molecule has 0 aliphatic heterocycles. The van der Waals surface area contributed by atoms with E-state index in [-0.39, 0.29) is 0 Å². The number of nitrogens with one attached hydrogen (secondary N) is 2. The second kappa shape index (κ2) is 15.0. The molecular formula is C26H40N2S2. The van der Waals surface area contributed by atoms with Crippen molar-refractivity contribution in [3.8, 4) is 0 Å². The maximum absolute atomic E-state index is 3.78. The second-order valence-electron chi connectivity index (χ2n) is 8.95. The third-order valence-corrected chi connectivity index (χ3v) is 7.57. The van der Waals surface area contributed by atoms with E-state index >= 15 is 0 Å². The highest BCUT2D eigenvalue weighted by Gasteiger charge is 2.14. The van der Waals surface area contributed by atoms with Crippen LogP contribution in [-0.2, 0) is 13.1 Å². The molecule has 2 N–H and O–H groups in total. The Morgan fingerprint density at radius 3 is 1.30 bits per heavy atom. The maximum Gasteiger partial charge on any atom is 0.0208 e. The minimum Gasteiger partial charge on any atom is -0.309 e. The largest absolute Gasteiger partial charge is 0.309 e. The molecule has 0 amide bonds. The van der Waals surface area contributed by atoms with Crippen LogP contribution in [0.2, 0.25) is 0 Å². The van der Waals surface area contributed by atoms with Crippen LogP contribution in [0.1, 0.15) is 51.7 Å². The van der Waals surface area contributed by atoms with Crippen LogP contribution in [0.15, 0.2) is 60.7 Å². The summed E-state index contributed by atoms with van der Waals surface area (Å²) in [7, 11) is 4.06. The highest BCUT2D eigenvalue weighted by Crippen LogP contribution is 2.26. The van der Waals surface area contributed by atoms with E-state index in [2.05, 4.69) is 99.0 Å². The average molecular weight is 445 g/mol. The van der Waals surface area contributed by atoms with E-state index in [0.717, 1.165) is 24.6 Å². The summed E-state index contributed by atoms with van der Waals surface area (Å²) in [5.41, 5.74) is 2.73. The molecule has 2 aromatic carbocycles. The van der Waals surface area contributed by atoms with Gasteiger partial charge in [-0.15, -0.1) is 0 Å². The number of hydrogen-bond acceptors (Lipinski definition) is 4. The first-order chi connectivity index (χ1) is 14.5. The zero-order valence-electron chi connectivity index (χ0n) is 19.1. The number of hydrogen-bond donors (Lipinski definition) is 2. The van der Waals surface area contributed by atoms with Gasteiger partial charge in [0.2, 0.25) is 0 Å². The van der Waals surface area contributed by atoms with Crippen LogP contribution in [0.5, 0.6) is 0 Å². The predicted molar refractivity (Wildman–Crippen MR) is 138 cm³/mol. The molecule has 30 heavy (non-hydrogen) atoms. The Kier molecular flexibility index (Phi) is 12.6.